The number of amides is 3. The predicted octanol–water partition coefficient (Wildman–Crippen LogP) is 10.5. The van der Waals surface area contributed by atoms with Crippen molar-refractivity contribution in [1.82, 2.24) is 9.80 Å². The Kier molecular flexibility index (Phi) is 12.1. The molecule has 0 atom stereocenters. The van der Waals surface area contributed by atoms with Crippen LogP contribution in [0.4, 0.5) is 14.4 Å². The van der Waals surface area contributed by atoms with E-state index in [1.165, 1.54) is 0 Å². The lowest BCUT2D eigenvalue weighted by Crippen LogP contribution is -2.52. The molecule has 4 aromatic rings. The molecule has 0 aromatic heterocycles. The zero-order valence-electron chi connectivity index (χ0n) is 31.1. The molecule has 0 N–H and O–H groups in total. The molecular weight excluding hydrogens is 642 g/mol. The molecule has 0 radical (unpaired) electrons. The molecule has 0 spiro atoms. The second-order valence-electron chi connectivity index (χ2n) is 15.0. The second kappa shape index (κ2) is 16.1. The Morgan fingerprint density at radius 1 is 0.549 bits per heavy atom. The normalized spacial score (nSPS) is 12.3. The highest BCUT2D eigenvalue weighted by Gasteiger charge is 2.35. The molecule has 9 heteroatoms. The van der Waals surface area contributed by atoms with Gasteiger partial charge in [0, 0.05) is 0 Å². The van der Waals surface area contributed by atoms with E-state index in [9.17, 15) is 14.4 Å². The Balaban J connectivity index is 1.83. The summed E-state index contributed by atoms with van der Waals surface area (Å²) in [5.41, 5.74) is -0.871. The maximum absolute atomic E-state index is 14.0. The van der Waals surface area contributed by atoms with E-state index >= 15 is 0 Å². The lowest BCUT2D eigenvalue weighted by molar-refractivity contribution is 0.0297. The van der Waals surface area contributed by atoms with Crippen LogP contribution in [-0.2, 0) is 14.2 Å². The van der Waals surface area contributed by atoms with Crippen molar-refractivity contribution in [3.63, 3.8) is 0 Å². The van der Waals surface area contributed by atoms with Crippen molar-refractivity contribution in [3.8, 4) is 0 Å². The van der Waals surface area contributed by atoms with Crippen molar-refractivity contribution in [2.45, 2.75) is 79.1 Å². The summed E-state index contributed by atoms with van der Waals surface area (Å²) in [6.45, 7) is 15.3. The molecular formula is C42H49N3O6. The van der Waals surface area contributed by atoms with E-state index in [1.54, 1.807) is 74.5 Å². The molecule has 4 aromatic carbocycles. The van der Waals surface area contributed by atoms with Gasteiger partial charge in [-0.25, -0.2) is 24.2 Å². The standard InChI is InChI=1S/C42H49N3O6/c1-40(2,3)49-37(46)43-36(44(38(47)50-41(4,5)6)28-16-24-32-22-14-20-30-18-10-12-26-34(30)32)45(39(48)51-42(7,8)9)29-17-25-33-23-15-21-31-19-11-13-27-35(31)33/h10-27H,28-29H2,1-9H3/b24-16+,25-17+. The average molecular weight is 692 g/mol. The zero-order chi connectivity index (χ0) is 37.4. The molecule has 0 aliphatic heterocycles. The molecule has 51 heavy (non-hydrogen) atoms. The van der Waals surface area contributed by atoms with Gasteiger partial charge >= 0.3 is 18.3 Å². The van der Waals surface area contributed by atoms with E-state index in [4.69, 9.17) is 14.2 Å². The maximum Gasteiger partial charge on any atom is 0.437 e. The van der Waals surface area contributed by atoms with Gasteiger partial charge in [-0.1, -0.05) is 109 Å². The fourth-order valence-corrected chi connectivity index (χ4v) is 5.10. The highest BCUT2D eigenvalue weighted by atomic mass is 16.6. The minimum atomic E-state index is -0.990. The molecule has 0 aliphatic rings. The quantitative estimate of drug-likeness (QED) is 0.113. The smallest absolute Gasteiger partial charge is 0.437 e. The molecule has 0 saturated carbocycles. The van der Waals surface area contributed by atoms with Gasteiger partial charge in [0.25, 0.3) is 0 Å². The first-order valence-electron chi connectivity index (χ1n) is 17.0. The summed E-state index contributed by atoms with van der Waals surface area (Å²) in [4.78, 5) is 47.9. The summed E-state index contributed by atoms with van der Waals surface area (Å²) in [5, 5.41) is 4.17. The van der Waals surface area contributed by atoms with Crippen LogP contribution in [0.15, 0.2) is 102 Å². The van der Waals surface area contributed by atoms with Gasteiger partial charge in [0.15, 0.2) is 0 Å². The number of hydrogen-bond donors (Lipinski definition) is 0. The van der Waals surface area contributed by atoms with Crippen molar-refractivity contribution in [2.75, 3.05) is 13.1 Å². The van der Waals surface area contributed by atoms with Gasteiger partial charge in [-0.15, -0.1) is 4.99 Å². The van der Waals surface area contributed by atoms with Crippen LogP contribution < -0.4 is 0 Å². The third-order valence-electron chi connectivity index (χ3n) is 7.11. The van der Waals surface area contributed by atoms with E-state index in [-0.39, 0.29) is 19.0 Å². The largest absolute Gasteiger partial charge is 0.443 e. The second-order valence-corrected chi connectivity index (χ2v) is 15.0. The van der Waals surface area contributed by atoms with Crippen LogP contribution in [0.5, 0.6) is 0 Å². The number of hydrogen-bond acceptors (Lipinski definition) is 6. The van der Waals surface area contributed by atoms with Crippen LogP contribution in [0.2, 0.25) is 0 Å². The highest BCUT2D eigenvalue weighted by molar-refractivity contribution is 6.05. The first kappa shape index (κ1) is 38.4. The minimum Gasteiger partial charge on any atom is -0.443 e. The van der Waals surface area contributed by atoms with Gasteiger partial charge in [-0.2, -0.15) is 0 Å². The maximum atomic E-state index is 14.0. The zero-order valence-corrected chi connectivity index (χ0v) is 31.1. The van der Waals surface area contributed by atoms with E-state index < -0.39 is 35.1 Å². The van der Waals surface area contributed by atoms with Crippen LogP contribution in [0, 0.1) is 0 Å². The molecule has 9 nitrogen and oxygen atoms in total. The minimum absolute atomic E-state index is 0.105. The Labute approximate surface area is 301 Å². The molecule has 0 saturated heterocycles. The molecule has 0 aliphatic carbocycles. The lowest BCUT2D eigenvalue weighted by Gasteiger charge is -2.33. The molecule has 0 fully saturated rings. The van der Waals surface area contributed by atoms with Crippen LogP contribution in [0.1, 0.15) is 73.4 Å². The number of rotatable bonds is 6. The third-order valence-corrected chi connectivity index (χ3v) is 7.11. The fourth-order valence-electron chi connectivity index (χ4n) is 5.10. The van der Waals surface area contributed by atoms with Gasteiger partial charge in [-0.3, -0.25) is 0 Å². The van der Waals surface area contributed by atoms with Crippen molar-refractivity contribution in [2.24, 2.45) is 4.99 Å². The Hall–Kier alpha value is -5.44. The third kappa shape index (κ3) is 11.6. The molecule has 0 unspecified atom stereocenters. The van der Waals surface area contributed by atoms with Gasteiger partial charge in [0.2, 0.25) is 5.96 Å². The summed E-state index contributed by atoms with van der Waals surface area (Å²) in [5.74, 6) is -0.308. The Morgan fingerprint density at radius 2 is 0.922 bits per heavy atom. The first-order chi connectivity index (χ1) is 23.9. The number of fused-ring (bicyclic) bond motifs is 2. The Morgan fingerprint density at radius 3 is 1.31 bits per heavy atom. The van der Waals surface area contributed by atoms with Gasteiger partial charge in [0.05, 0.1) is 13.1 Å². The summed E-state index contributed by atoms with van der Waals surface area (Å²) in [7, 11) is 0. The number of guanidine groups is 1. The molecule has 3 amide bonds. The summed E-state index contributed by atoms with van der Waals surface area (Å²) < 4.78 is 17.2. The van der Waals surface area contributed by atoms with E-state index in [1.807, 2.05) is 97.1 Å². The average Bonchev–Trinajstić information content (AvgIpc) is 3.02. The van der Waals surface area contributed by atoms with Crippen molar-refractivity contribution < 1.29 is 28.6 Å². The van der Waals surface area contributed by atoms with E-state index in [0.29, 0.717) is 0 Å². The number of nitrogens with zero attached hydrogens (tertiary/aromatic N) is 3. The number of carbonyl (C=O) groups is 3. The number of ether oxygens (including phenoxy) is 3. The SMILES string of the molecule is CC(C)(C)OC(=O)N=C(N(C/C=C/c1cccc2ccccc12)C(=O)OC(C)(C)C)N(C/C=C/c1cccc2ccccc12)C(=O)OC(C)(C)C. The topological polar surface area (TPSA) is 97.7 Å². The Bertz CT molecular complexity index is 1820. The summed E-state index contributed by atoms with van der Waals surface area (Å²) >= 11 is 0. The van der Waals surface area contributed by atoms with Gasteiger partial charge in [-0.05, 0) is 95.0 Å². The van der Waals surface area contributed by atoms with Crippen molar-refractivity contribution in [3.05, 3.63) is 108 Å². The predicted molar refractivity (Wildman–Crippen MR) is 206 cm³/mol. The molecule has 0 heterocycles. The van der Waals surface area contributed by atoms with Crippen LogP contribution in [0.25, 0.3) is 33.7 Å². The van der Waals surface area contributed by atoms with Gasteiger partial charge in [0.1, 0.15) is 16.8 Å². The van der Waals surface area contributed by atoms with Crippen molar-refractivity contribution >= 4 is 57.9 Å². The highest BCUT2D eigenvalue weighted by Crippen LogP contribution is 2.23. The lowest BCUT2D eigenvalue weighted by atomic mass is 10.0. The monoisotopic (exact) mass is 691 g/mol. The van der Waals surface area contributed by atoms with E-state index in [0.717, 1.165) is 42.5 Å². The van der Waals surface area contributed by atoms with Crippen LogP contribution in [-0.4, -0.2) is 63.9 Å². The summed E-state index contributed by atoms with van der Waals surface area (Å²) in [6.07, 6.45) is 4.64. The van der Waals surface area contributed by atoms with E-state index in [2.05, 4.69) is 4.99 Å². The molecule has 268 valence electrons. The van der Waals surface area contributed by atoms with Crippen molar-refractivity contribution in [1.29, 1.82) is 0 Å². The van der Waals surface area contributed by atoms with Crippen LogP contribution in [0.3, 0.4) is 0 Å². The summed E-state index contributed by atoms with van der Waals surface area (Å²) in [6, 6.07) is 27.8. The molecule has 0 bridgehead atoms. The van der Waals surface area contributed by atoms with Gasteiger partial charge < -0.3 is 14.2 Å². The van der Waals surface area contributed by atoms with Crippen LogP contribution >= 0.6 is 0 Å². The number of benzene rings is 4. The number of aliphatic imine (C=N–C) groups is 1. The fraction of sp³-hybridized carbons (Fsp3) is 0.333. The first-order valence-corrected chi connectivity index (χ1v) is 17.0. The number of carbonyl (C=O) groups excluding carboxylic acids is 3. The molecule has 4 rings (SSSR count).